The molecule has 6 heteroatoms. The number of nitrogens with zero attached hydrogens (tertiary/aromatic N) is 3. The van der Waals surface area contributed by atoms with Crippen molar-refractivity contribution in [2.75, 3.05) is 13.6 Å². The zero-order valence-corrected chi connectivity index (χ0v) is 19.1. The Labute approximate surface area is 184 Å². The number of aryl methyl sites for hydroxylation is 2. The van der Waals surface area contributed by atoms with Crippen LogP contribution < -0.4 is 5.73 Å². The Morgan fingerprint density at radius 3 is 2.81 bits per heavy atom. The third-order valence-electron chi connectivity index (χ3n) is 6.40. The lowest BCUT2D eigenvalue weighted by atomic mass is 9.88. The maximum Gasteiger partial charge on any atom is 0.323 e. The van der Waals surface area contributed by atoms with Gasteiger partial charge in [0.2, 0.25) is 0 Å². The van der Waals surface area contributed by atoms with Crippen molar-refractivity contribution in [3.8, 4) is 0 Å². The minimum atomic E-state index is -0.874. The second-order valence-electron chi connectivity index (χ2n) is 9.15. The van der Waals surface area contributed by atoms with Gasteiger partial charge in [-0.05, 0) is 51.1 Å². The van der Waals surface area contributed by atoms with E-state index in [0.29, 0.717) is 6.42 Å². The van der Waals surface area contributed by atoms with Crippen LogP contribution in [0.15, 0.2) is 36.7 Å². The van der Waals surface area contributed by atoms with E-state index in [4.69, 9.17) is 10.5 Å². The SMILES string of the molecule is Cc1cc(CC(C)(OC(=O)C(C)N)c2cccnc2)c2c(c1)c1c(n2C)CCN(C)C1. The van der Waals surface area contributed by atoms with E-state index in [0.717, 1.165) is 25.1 Å². The lowest BCUT2D eigenvalue weighted by molar-refractivity contribution is -0.160. The van der Waals surface area contributed by atoms with Crippen LogP contribution in [-0.2, 0) is 41.6 Å². The Hall–Kier alpha value is -2.70. The first-order valence-electron chi connectivity index (χ1n) is 10.9. The maximum absolute atomic E-state index is 12.5. The molecule has 164 valence electrons. The van der Waals surface area contributed by atoms with E-state index < -0.39 is 17.6 Å². The van der Waals surface area contributed by atoms with Gasteiger partial charge < -0.3 is 19.9 Å². The highest BCUT2D eigenvalue weighted by atomic mass is 16.6. The molecule has 1 aliphatic heterocycles. The Balaban J connectivity index is 1.86. The van der Waals surface area contributed by atoms with Crippen molar-refractivity contribution in [3.63, 3.8) is 0 Å². The molecule has 0 bridgehead atoms. The number of nitrogens with two attached hydrogens (primary N) is 1. The summed E-state index contributed by atoms with van der Waals surface area (Å²) in [7, 11) is 4.33. The summed E-state index contributed by atoms with van der Waals surface area (Å²) in [6.45, 7) is 7.75. The van der Waals surface area contributed by atoms with Crippen molar-refractivity contribution in [3.05, 3.63) is 64.6 Å². The largest absolute Gasteiger partial charge is 0.453 e. The van der Waals surface area contributed by atoms with Crippen LogP contribution in [0.1, 0.15) is 41.8 Å². The van der Waals surface area contributed by atoms with Gasteiger partial charge in [-0.25, -0.2) is 0 Å². The highest BCUT2D eigenvalue weighted by molar-refractivity contribution is 5.89. The fraction of sp³-hybridized carbons (Fsp3) is 0.440. The number of aromatic nitrogens is 2. The van der Waals surface area contributed by atoms with Crippen LogP contribution in [0.2, 0.25) is 0 Å². The lowest BCUT2D eigenvalue weighted by Gasteiger charge is -2.31. The van der Waals surface area contributed by atoms with Crippen molar-refractivity contribution >= 4 is 16.9 Å². The number of esters is 1. The van der Waals surface area contributed by atoms with Crippen molar-refractivity contribution in [1.82, 2.24) is 14.5 Å². The van der Waals surface area contributed by atoms with E-state index in [9.17, 15) is 4.79 Å². The first-order valence-corrected chi connectivity index (χ1v) is 10.9. The third kappa shape index (κ3) is 3.98. The molecular formula is C25H32N4O2. The Morgan fingerprint density at radius 2 is 2.13 bits per heavy atom. The molecule has 2 unspecified atom stereocenters. The van der Waals surface area contributed by atoms with Crippen LogP contribution in [0.25, 0.3) is 10.9 Å². The summed E-state index contributed by atoms with van der Waals surface area (Å²) in [5.74, 6) is -0.414. The van der Waals surface area contributed by atoms with Crippen LogP contribution in [0, 0.1) is 6.92 Å². The van der Waals surface area contributed by atoms with Gasteiger partial charge in [-0.1, -0.05) is 17.7 Å². The van der Waals surface area contributed by atoms with Gasteiger partial charge in [0.05, 0.1) is 5.52 Å². The van der Waals surface area contributed by atoms with Gasteiger partial charge in [0.1, 0.15) is 11.6 Å². The molecular weight excluding hydrogens is 388 g/mol. The van der Waals surface area contributed by atoms with E-state index in [1.54, 1.807) is 19.3 Å². The molecule has 31 heavy (non-hydrogen) atoms. The molecule has 0 saturated heterocycles. The smallest absolute Gasteiger partial charge is 0.323 e. The number of pyridine rings is 1. The molecule has 1 aromatic carbocycles. The zero-order chi connectivity index (χ0) is 22.3. The molecule has 0 amide bonds. The average molecular weight is 421 g/mol. The molecule has 6 nitrogen and oxygen atoms in total. The van der Waals surface area contributed by atoms with Crippen LogP contribution in [-0.4, -0.2) is 40.1 Å². The fourth-order valence-electron chi connectivity index (χ4n) is 4.80. The van der Waals surface area contributed by atoms with Crippen molar-refractivity contribution in [2.24, 2.45) is 12.8 Å². The quantitative estimate of drug-likeness (QED) is 0.642. The summed E-state index contributed by atoms with van der Waals surface area (Å²) in [4.78, 5) is 19.2. The normalized spacial score (nSPS) is 17.2. The zero-order valence-electron chi connectivity index (χ0n) is 19.1. The highest BCUT2D eigenvalue weighted by Gasteiger charge is 2.34. The average Bonchev–Trinajstić information content (AvgIpc) is 3.00. The summed E-state index contributed by atoms with van der Waals surface area (Å²) < 4.78 is 8.35. The molecule has 1 aliphatic rings. The van der Waals surface area contributed by atoms with Crippen LogP contribution in [0.3, 0.4) is 0 Å². The minimum absolute atomic E-state index is 0.414. The van der Waals surface area contributed by atoms with Gasteiger partial charge in [0.15, 0.2) is 0 Å². The maximum atomic E-state index is 12.5. The number of hydrogen-bond donors (Lipinski definition) is 1. The van der Waals surface area contributed by atoms with Crippen LogP contribution in [0.5, 0.6) is 0 Å². The van der Waals surface area contributed by atoms with E-state index >= 15 is 0 Å². The number of likely N-dealkylation sites (N-methyl/N-ethyl adjacent to an activating group) is 1. The van der Waals surface area contributed by atoms with E-state index in [1.807, 2.05) is 19.1 Å². The topological polar surface area (TPSA) is 73.4 Å². The van der Waals surface area contributed by atoms with Gasteiger partial charge in [0.25, 0.3) is 0 Å². The van der Waals surface area contributed by atoms with Gasteiger partial charge in [-0.3, -0.25) is 9.78 Å². The first-order chi connectivity index (χ1) is 14.7. The number of hydrogen-bond acceptors (Lipinski definition) is 5. The van der Waals surface area contributed by atoms with Crippen LogP contribution >= 0.6 is 0 Å². The Bertz CT molecular complexity index is 1120. The lowest BCUT2D eigenvalue weighted by Crippen LogP contribution is -2.38. The second-order valence-corrected chi connectivity index (χ2v) is 9.15. The number of fused-ring (bicyclic) bond motifs is 3. The predicted octanol–water partition coefficient (Wildman–Crippen LogP) is 3.22. The van der Waals surface area contributed by atoms with Gasteiger partial charge in [-0.2, -0.15) is 0 Å². The van der Waals surface area contributed by atoms with Crippen molar-refractivity contribution < 1.29 is 9.53 Å². The standard InChI is InChI=1S/C25H32N4O2/c1-16-11-18(23-20(12-16)21-15-28(4)10-8-22(21)29(23)5)13-25(3,31-24(30)17(2)26)19-7-6-9-27-14-19/h6-7,9,11-12,14,17H,8,10,13,15,26H2,1-5H3. The third-order valence-corrected chi connectivity index (χ3v) is 6.40. The Kier molecular flexibility index (Phi) is 5.62. The number of carbonyl (C=O) groups excluding carboxylic acids is 1. The molecule has 2 N–H and O–H groups in total. The Morgan fingerprint density at radius 1 is 1.35 bits per heavy atom. The molecule has 3 heterocycles. The molecule has 0 radical (unpaired) electrons. The molecule has 2 atom stereocenters. The number of ether oxygens (including phenoxy) is 1. The van der Waals surface area contributed by atoms with Gasteiger partial charge >= 0.3 is 5.97 Å². The molecule has 0 saturated carbocycles. The van der Waals surface area contributed by atoms with Crippen LogP contribution in [0.4, 0.5) is 0 Å². The number of benzene rings is 1. The molecule has 0 fully saturated rings. The van der Waals surface area contributed by atoms with E-state index in [-0.39, 0.29) is 0 Å². The summed E-state index contributed by atoms with van der Waals surface area (Å²) in [5, 5.41) is 1.30. The molecule has 0 aliphatic carbocycles. The van der Waals surface area contributed by atoms with Gasteiger partial charge in [-0.15, -0.1) is 0 Å². The second kappa shape index (κ2) is 8.09. The molecule has 2 aromatic heterocycles. The van der Waals surface area contributed by atoms with Gasteiger partial charge in [0, 0.05) is 62.0 Å². The predicted molar refractivity (Wildman–Crippen MR) is 123 cm³/mol. The van der Waals surface area contributed by atoms with Crippen molar-refractivity contribution in [2.45, 2.75) is 51.8 Å². The monoisotopic (exact) mass is 420 g/mol. The fourth-order valence-corrected chi connectivity index (χ4v) is 4.80. The molecule has 0 spiro atoms. The summed E-state index contributed by atoms with van der Waals surface area (Å²) in [6.07, 6.45) is 5.08. The first kappa shape index (κ1) is 21.5. The number of carbonyl (C=O) groups is 1. The highest BCUT2D eigenvalue weighted by Crippen LogP contribution is 2.37. The summed E-state index contributed by atoms with van der Waals surface area (Å²) in [5.41, 5.74) is 12.2. The van der Waals surface area contributed by atoms with Crippen molar-refractivity contribution in [1.29, 1.82) is 0 Å². The summed E-state index contributed by atoms with van der Waals surface area (Å²) in [6, 6.07) is 7.64. The number of rotatable bonds is 5. The summed E-state index contributed by atoms with van der Waals surface area (Å²) >= 11 is 0. The van der Waals surface area contributed by atoms with E-state index in [2.05, 4.69) is 47.6 Å². The molecule has 3 aromatic rings. The minimum Gasteiger partial charge on any atom is -0.453 e. The molecule has 4 rings (SSSR count). The van der Waals surface area contributed by atoms with E-state index in [1.165, 1.54) is 33.3 Å².